The van der Waals surface area contributed by atoms with Gasteiger partial charge >= 0.3 is 6.36 Å². The van der Waals surface area contributed by atoms with E-state index in [1.54, 1.807) is 18.2 Å². The van der Waals surface area contributed by atoms with Gasteiger partial charge in [-0.05, 0) is 35.4 Å². The number of hydrogen-bond donors (Lipinski definition) is 1. The standard InChI is InChI=1S/C20H16ClF3N2O/c21-16-9-10-18(26-13-16)19(25,12-14-5-2-1-3-6-14)15-7-4-8-17(11-15)27-20(22,23)24/h1-11,13H,12,25H2. The van der Waals surface area contributed by atoms with Crippen LogP contribution in [0.4, 0.5) is 13.2 Å². The number of ether oxygens (including phenoxy) is 1. The van der Waals surface area contributed by atoms with Crippen molar-refractivity contribution in [2.45, 2.75) is 18.3 Å². The summed E-state index contributed by atoms with van der Waals surface area (Å²) < 4.78 is 41.9. The first kappa shape index (κ1) is 19.2. The number of nitrogens with two attached hydrogens (primary N) is 1. The Labute approximate surface area is 159 Å². The molecule has 2 aromatic carbocycles. The fourth-order valence-electron chi connectivity index (χ4n) is 2.87. The normalized spacial score (nSPS) is 13.8. The monoisotopic (exact) mass is 392 g/mol. The molecule has 3 rings (SSSR count). The largest absolute Gasteiger partial charge is 0.573 e. The molecule has 0 bridgehead atoms. The molecule has 0 aliphatic heterocycles. The highest BCUT2D eigenvalue weighted by atomic mass is 35.5. The van der Waals surface area contributed by atoms with Crippen LogP contribution < -0.4 is 10.5 Å². The fourth-order valence-corrected chi connectivity index (χ4v) is 2.98. The topological polar surface area (TPSA) is 48.1 Å². The van der Waals surface area contributed by atoms with Crippen LogP contribution in [0.5, 0.6) is 5.75 Å². The Balaban J connectivity index is 2.07. The van der Waals surface area contributed by atoms with Crippen molar-refractivity contribution in [3.05, 3.63) is 94.8 Å². The first-order valence-electron chi connectivity index (χ1n) is 8.07. The van der Waals surface area contributed by atoms with Gasteiger partial charge in [-0.2, -0.15) is 0 Å². The van der Waals surface area contributed by atoms with E-state index in [0.717, 1.165) is 5.56 Å². The molecular weight excluding hydrogens is 377 g/mol. The van der Waals surface area contributed by atoms with E-state index in [-0.39, 0.29) is 5.75 Å². The average molecular weight is 393 g/mol. The summed E-state index contributed by atoms with van der Waals surface area (Å²) in [4.78, 5) is 4.31. The summed E-state index contributed by atoms with van der Waals surface area (Å²) in [6.07, 6.45) is -2.99. The van der Waals surface area contributed by atoms with Gasteiger partial charge in [-0.1, -0.05) is 54.1 Å². The second kappa shape index (κ2) is 7.58. The van der Waals surface area contributed by atoms with Crippen molar-refractivity contribution in [1.82, 2.24) is 4.98 Å². The van der Waals surface area contributed by atoms with Gasteiger partial charge in [0.1, 0.15) is 5.75 Å². The third kappa shape index (κ3) is 4.78. The van der Waals surface area contributed by atoms with E-state index in [4.69, 9.17) is 17.3 Å². The van der Waals surface area contributed by atoms with Crippen molar-refractivity contribution in [3.8, 4) is 5.75 Å². The van der Waals surface area contributed by atoms with Gasteiger partial charge in [0.15, 0.2) is 0 Å². The molecule has 1 heterocycles. The van der Waals surface area contributed by atoms with Crippen LogP contribution >= 0.6 is 11.6 Å². The van der Waals surface area contributed by atoms with Gasteiger partial charge in [0.05, 0.1) is 16.3 Å². The number of hydrogen-bond acceptors (Lipinski definition) is 3. The number of benzene rings is 2. The summed E-state index contributed by atoms with van der Waals surface area (Å²) in [6, 6.07) is 18.4. The van der Waals surface area contributed by atoms with Gasteiger partial charge < -0.3 is 10.5 Å². The van der Waals surface area contributed by atoms with Crippen molar-refractivity contribution in [1.29, 1.82) is 0 Å². The smallest absolute Gasteiger partial charge is 0.406 e. The second-order valence-electron chi connectivity index (χ2n) is 6.07. The van der Waals surface area contributed by atoms with E-state index in [1.807, 2.05) is 30.3 Å². The van der Waals surface area contributed by atoms with Gasteiger partial charge in [-0.3, -0.25) is 4.98 Å². The molecule has 1 aromatic heterocycles. The number of pyridine rings is 1. The molecule has 0 aliphatic rings. The molecule has 0 aliphatic carbocycles. The summed E-state index contributed by atoms with van der Waals surface area (Å²) in [5.41, 5.74) is 7.39. The molecule has 7 heteroatoms. The lowest BCUT2D eigenvalue weighted by Crippen LogP contribution is -2.41. The van der Waals surface area contributed by atoms with Crippen molar-refractivity contribution >= 4 is 11.6 Å². The highest BCUT2D eigenvalue weighted by Crippen LogP contribution is 2.33. The maximum absolute atomic E-state index is 12.6. The minimum Gasteiger partial charge on any atom is -0.406 e. The van der Waals surface area contributed by atoms with E-state index in [2.05, 4.69) is 9.72 Å². The quantitative estimate of drug-likeness (QED) is 0.658. The highest BCUT2D eigenvalue weighted by Gasteiger charge is 2.34. The molecule has 0 fully saturated rings. The van der Waals surface area contributed by atoms with Crippen molar-refractivity contribution < 1.29 is 17.9 Å². The number of alkyl halides is 3. The van der Waals surface area contributed by atoms with Crippen LogP contribution in [0.15, 0.2) is 72.9 Å². The SMILES string of the molecule is NC(Cc1ccccc1)(c1cccc(OC(F)(F)F)c1)c1ccc(Cl)cn1. The minimum atomic E-state index is -4.78. The molecule has 27 heavy (non-hydrogen) atoms. The van der Waals surface area contributed by atoms with Crippen LogP contribution in [0.1, 0.15) is 16.8 Å². The second-order valence-corrected chi connectivity index (χ2v) is 6.51. The van der Waals surface area contributed by atoms with Crippen LogP contribution in [0.2, 0.25) is 5.02 Å². The van der Waals surface area contributed by atoms with E-state index in [1.165, 1.54) is 24.4 Å². The first-order chi connectivity index (χ1) is 12.8. The van der Waals surface area contributed by atoms with Gasteiger partial charge in [-0.25, -0.2) is 0 Å². The molecule has 2 N–H and O–H groups in total. The molecule has 1 unspecified atom stereocenters. The summed E-state index contributed by atoms with van der Waals surface area (Å²) in [5.74, 6) is -0.336. The average Bonchev–Trinajstić information content (AvgIpc) is 2.62. The zero-order chi connectivity index (χ0) is 19.5. The Morgan fingerprint density at radius 3 is 2.33 bits per heavy atom. The third-order valence-electron chi connectivity index (χ3n) is 4.09. The van der Waals surface area contributed by atoms with Crippen LogP contribution in [-0.2, 0) is 12.0 Å². The number of rotatable bonds is 5. The van der Waals surface area contributed by atoms with Crippen molar-refractivity contribution in [2.75, 3.05) is 0 Å². The fraction of sp³-hybridized carbons (Fsp3) is 0.150. The van der Waals surface area contributed by atoms with Crippen LogP contribution in [0, 0.1) is 0 Å². The molecule has 3 nitrogen and oxygen atoms in total. The Kier molecular flexibility index (Phi) is 5.39. The summed E-state index contributed by atoms with van der Waals surface area (Å²) in [5, 5.41) is 0.440. The summed E-state index contributed by atoms with van der Waals surface area (Å²) in [6.45, 7) is 0. The number of aromatic nitrogens is 1. The zero-order valence-electron chi connectivity index (χ0n) is 14.1. The summed E-state index contributed by atoms with van der Waals surface area (Å²) >= 11 is 5.92. The minimum absolute atomic E-state index is 0.331. The Bertz CT molecular complexity index is 901. The van der Waals surface area contributed by atoms with E-state index in [9.17, 15) is 13.2 Å². The molecular formula is C20H16ClF3N2O. The van der Waals surface area contributed by atoms with Crippen molar-refractivity contribution in [2.24, 2.45) is 5.73 Å². The van der Waals surface area contributed by atoms with Crippen LogP contribution in [-0.4, -0.2) is 11.3 Å². The maximum atomic E-state index is 12.6. The van der Waals surface area contributed by atoms with Crippen molar-refractivity contribution in [3.63, 3.8) is 0 Å². The lowest BCUT2D eigenvalue weighted by molar-refractivity contribution is -0.274. The van der Waals surface area contributed by atoms with Crippen LogP contribution in [0.25, 0.3) is 0 Å². The van der Waals surface area contributed by atoms with E-state index < -0.39 is 11.9 Å². The molecule has 0 spiro atoms. The van der Waals surface area contributed by atoms with Gasteiger partial charge in [0.2, 0.25) is 0 Å². The summed E-state index contributed by atoms with van der Waals surface area (Å²) in [7, 11) is 0. The van der Waals surface area contributed by atoms with Crippen LogP contribution in [0.3, 0.4) is 0 Å². The Hall–Kier alpha value is -2.57. The van der Waals surface area contributed by atoms with Gasteiger partial charge in [0, 0.05) is 12.6 Å². The maximum Gasteiger partial charge on any atom is 0.573 e. The molecule has 0 radical (unpaired) electrons. The zero-order valence-corrected chi connectivity index (χ0v) is 14.8. The predicted octanol–water partition coefficient (Wildman–Crippen LogP) is 5.08. The Morgan fingerprint density at radius 1 is 0.963 bits per heavy atom. The van der Waals surface area contributed by atoms with E-state index in [0.29, 0.717) is 22.7 Å². The molecule has 0 saturated heterocycles. The predicted molar refractivity (Wildman–Crippen MR) is 97.5 cm³/mol. The number of halogens is 4. The van der Waals surface area contributed by atoms with Gasteiger partial charge in [0.25, 0.3) is 0 Å². The molecule has 1 atom stereocenters. The Morgan fingerprint density at radius 2 is 1.70 bits per heavy atom. The highest BCUT2D eigenvalue weighted by molar-refractivity contribution is 6.30. The molecule has 3 aromatic rings. The lowest BCUT2D eigenvalue weighted by Gasteiger charge is -2.30. The molecule has 0 amide bonds. The number of nitrogens with zero attached hydrogens (tertiary/aromatic N) is 1. The van der Waals surface area contributed by atoms with E-state index >= 15 is 0 Å². The molecule has 0 saturated carbocycles. The molecule has 140 valence electrons. The third-order valence-corrected chi connectivity index (χ3v) is 4.32. The first-order valence-corrected chi connectivity index (χ1v) is 8.45. The lowest BCUT2D eigenvalue weighted by atomic mass is 9.81. The van der Waals surface area contributed by atoms with Gasteiger partial charge in [-0.15, -0.1) is 13.2 Å².